The van der Waals surface area contributed by atoms with Crippen molar-refractivity contribution in [1.82, 2.24) is 0 Å². The summed E-state index contributed by atoms with van der Waals surface area (Å²) in [6.07, 6.45) is 2.33. The van der Waals surface area contributed by atoms with Gasteiger partial charge in [-0.05, 0) is 61.7 Å². The van der Waals surface area contributed by atoms with Gasteiger partial charge in [0.05, 0.1) is 10.6 Å². The lowest BCUT2D eigenvalue weighted by Gasteiger charge is -2.28. The lowest BCUT2D eigenvalue weighted by Crippen LogP contribution is -2.35. The molecule has 2 N–H and O–H groups in total. The first-order valence-corrected chi connectivity index (χ1v) is 10.6. The summed E-state index contributed by atoms with van der Waals surface area (Å²) in [5.74, 6) is -0.170. The minimum Gasteiger partial charge on any atom is -0.326 e. The molecule has 0 spiro atoms. The number of hydrogen-bond donors (Lipinski definition) is 2. The van der Waals surface area contributed by atoms with Gasteiger partial charge >= 0.3 is 0 Å². The molecule has 7 nitrogen and oxygen atoms in total. The highest BCUT2D eigenvalue weighted by Crippen LogP contribution is 2.29. The molecule has 2 aromatic rings. The third-order valence-electron chi connectivity index (χ3n) is 4.56. The van der Waals surface area contributed by atoms with Gasteiger partial charge in [0.1, 0.15) is 0 Å². The van der Waals surface area contributed by atoms with E-state index >= 15 is 0 Å². The zero-order valence-electron chi connectivity index (χ0n) is 15.9. The molecule has 0 saturated carbocycles. The summed E-state index contributed by atoms with van der Waals surface area (Å²) in [7, 11) is -3.80. The molecule has 148 valence electrons. The molecular formula is C20H23N3O4S. The van der Waals surface area contributed by atoms with E-state index in [0.717, 1.165) is 24.1 Å². The fraction of sp³-hybridized carbons (Fsp3) is 0.300. The van der Waals surface area contributed by atoms with Crippen molar-refractivity contribution >= 4 is 38.9 Å². The van der Waals surface area contributed by atoms with E-state index < -0.39 is 10.0 Å². The van der Waals surface area contributed by atoms with Crippen LogP contribution >= 0.6 is 0 Å². The molecule has 1 aliphatic heterocycles. The second-order valence-electron chi connectivity index (χ2n) is 6.81. The first kappa shape index (κ1) is 19.9. The highest BCUT2D eigenvalue weighted by atomic mass is 32.2. The van der Waals surface area contributed by atoms with Gasteiger partial charge in [-0.3, -0.25) is 14.3 Å². The molecule has 1 fully saturated rings. The molecule has 8 heteroatoms. The summed E-state index contributed by atoms with van der Waals surface area (Å²) in [5, 5.41) is 2.60. The van der Waals surface area contributed by atoms with E-state index in [4.69, 9.17) is 0 Å². The zero-order chi connectivity index (χ0) is 20.3. The van der Waals surface area contributed by atoms with E-state index in [0.29, 0.717) is 24.3 Å². The third-order valence-corrected chi connectivity index (χ3v) is 5.96. The summed E-state index contributed by atoms with van der Waals surface area (Å²) in [4.78, 5) is 25.1. The van der Waals surface area contributed by atoms with Gasteiger partial charge < -0.3 is 10.2 Å². The number of sulfonamides is 1. The molecule has 0 aromatic heterocycles. The number of hydrogen-bond acceptors (Lipinski definition) is 4. The van der Waals surface area contributed by atoms with Crippen molar-refractivity contribution < 1.29 is 18.0 Å². The van der Waals surface area contributed by atoms with Gasteiger partial charge in [0.25, 0.3) is 10.0 Å². The monoisotopic (exact) mass is 401 g/mol. The van der Waals surface area contributed by atoms with E-state index in [2.05, 4.69) is 10.0 Å². The topological polar surface area (TPSA) is 95.6 Å². The van der Waals surface area contributed by atoms with E-state index in [1.165, 1.54) is 31.2 Å². The fourth-order valence-electron chi connectivity index (χ4n) is 3.16. The van der Waals surface area contributed by atoms with Crippen LogP contribution in [0.1, 0.15) is 31.7 Å². The van der Waals surface area contributed by atoms with Crippen LogP contribution in [0.4, 0.5) is 17.1 Å². The predicted molar refractivity (Wildman–Crippen MR) is 109 cm³/mol. The fourth-order valence-corrected chi connectivity index (χ4v) is 4.21. The summed E-state index contributed by atoms with van der Waals surface area (Å²) < 4.78 is 27.9. The van der Waals surface area contributed by atoms with Crippen molar-refractivity contribution in [1.29, 1.82) is 0 Å². The first-order valence-electron chi connectivity index (χ1n) is 9.08. The van der Waals surface area contributed by atoms with E-state index in [-0.39, 0.29) is 16.7 Å². The van der Waals surface area contributed by atoms with Crippen molar-refractivity contribution in [3.8, 4) is 0 Å². The average molecular weight is 401 g/mol. The summed E-state index contributed by atoms with van der Waals surface area (Å²) in [6, 6.07) is 11.1. The van der Waals surface area contributed by atoms with Gasteiger partial charge in [0.15, 0.2) is 0 Å². The maximum Gasteiger partial charge on any atom is 0.261 e. The number of nitrogens with one attached hydrogen (secondary N) is 2. The van der Waals surface area contributed by atoms with Gasteiger partial charge in [0, 0.05) is 31.3 Å². The Balaban J connectivity index is 1.83. The Labute approximate surface area is 164 Å². The molecule has 0 unspecified atom stereocenters. The van der Waals surface area contributed by atoms with Crippen LogP contribution in [0.15, 0.2) is 47.4 Å². The largest absolute Gasteiger partial charge is 0.326 e. The minimum absolute atomic E-state index is 0.0583. The first-order chi connectivity index (χ1) is 13.3. The third kappa shape index (κ3) is 4.51. The molecule has 0 aliphatic carbocycles. The van der Waals surface area contributed by atoms with E-state index in [1.807, 2.05) is 6.92 Å². The highest BCUT2D eigenvalue weighted by molar-refractivity contribution is 7.92. The number of rotatable bonds is 5. The number of nitrogens with zero attached hydrogens (tertiary/aromatic N) is 1. The molecule has 3 rings (SSSR count). The van der Waals surface area contributed by atoms with Crippen molar-refractivity contribution in [2.24, 2.45) is 0 Å². The normalized spacial score (nSPS) is 14.6. The molecule has 28 heavy (non-hydrogen) atoms. The Morgan fingerprint density at radius 3 is 2.36 bits per heavy atom. The number of carbonyl (C=O) groups is 2. The Morgan fingerprint density at radius 2 is 1.71 bits per heavy atom. The quantitative estimate of drug-likeness (QED) is 0.804. The molecule has 0 radical (unpaired) electrons. The molecule has 2 aromatic carbocycles. The van der Waals surface area contributed by atoms with Crippen molar-refractivity contribution in [2.75, 3.05) is 21.5 Å². The van der Waals surface area contributed by atoms with Crippen LogP contribution in [0, 0.1) is 6.92 Å². The van der Waals surface area contributed by atoms with Gasteiger partial charge in [-0.25, -0.2) is 8.42 Å². The lowest BCUT2D eigenvalue weighted by molar-refractivity contribution is -0.119. The van der Waals surface area contributed by atoms with Crippen LogP contribution in [0.2, 0.25) is 0 Å². The van der Waals surface area contributed by atoms with Crippen LogP contribution in [-0.4, -0.2) is 26.8 Å². The van der Waals surface area contributed by atoms with Crippen LogP contribution in [0.3, 0.4) is 0 Å². The van der Waals surface area contributed by atoms with Gasteiger partial charge in [-0.1, -0.05) is 6.07 Å². The van der Waals surface area contributed by atoms with Crippen molar-refractivity contribution in [3.63, 3.8) is 0 Å². The second-order valence-corrected chi connectivity index (χ2v) is 8.50. The number of aryl methyl sites for hydroxylation is 1. The van der Waals surface area contributed by atoms with Crippen LogP contribution in [-0.2, 0) is 19.6 Å². The molecule has 2 amide bonds. The molecule has 0 atom stereocenters. The van der Waals surface area contributed by atoms with Gasteiger partial charge in [0.2, 0.25) is 11.8 Å². The Hall–Kier alpha value is -2.87. The second kappa shape index (κ2) is 8.02. The summed E-state index contributed by atoms with van der Waals surface area (Å²) in [6.45, 7) is 3.92. The minimum atomic E-state index is -3.80. The summed E-state index contributed by atoms with van der Waals surface area (Å²) in [5.41, 5.74) is 2.56. The molecule has 1 saturated heterocycles. The smallest absolute Gasteiger partial charge is 0.261 e. The Morgan fingerprint density at radius 1 is 1.04 bits per heavy atom. The number of amides is 2. The summed E-state index contributed by atoms with van der Waals surface area (Å²) >= 11 is 0. The maximum absolute atomic E-state index is 12.7. The number of carbonyl (C=O) groups excluding carboxylic acids is 2. The Bertz CT molecular complexity index is 1000. The predicted octanol–water partition coefficient (Wildman–Crippen LogP) is 3.27. The van der Waals surface area contributed by atoms with Crippen molar-refractivity contribution in [3.05, 3.63) is 48.0 Å². The standard InChI is InChI=1S/C20H23N3O4S/c1-14-6-7-17(13-19(14)23-12-4-3-5-20(23)25)22-28(26,27)18-10-8-16(9-11-18)21-15(2)24/h6-11,13,22H,3-5,12H2,1-2H3,(H,21,24). The SMILES string of the molecule is CC(=O)Nc1ccc(S(=O)(=O)Nc2ccc(C)c(N3CCCCC3=O)c2)cc1. The Kier molecular flexibility index (Phi) is 5.69. The number of benzene rings is 2. The molecule has 0 bridgehead atoms. The van der Waals surface area contributed by atoms with Crippen molar-refractivity contribution in [2.45, 2.75) is 38.0 Å². The molecule has 1 heterocycles. The van der Waals surface area contributed by atoms with E-state index in [9.17, 15) is 18.0 Å². The average Bonchev–Trinajstić information content (AvgIpc) is 2.64. The molecular weight excluding hydrogens is 378 g/mol. The zero-order valence-corrected chi connectivity index (χ0v) is 16.7. The lowest BCUT2D eigenvalue weighted by atomic mass is 10.1. The molecule has 1 aliphatic rings. The number of piperidine rings is 1. The highest BCUT2D eigenvalue weighted by Gasteiger charge is 2.22. The number of anilines is 3. The van der Waals surface area contributed by atoms with Gasteiger partial charge in [-0.15, -0.1) is 0 Å². The van der Waals surface area contributed by atoms with Crippen LogP contribution in [0.25, 0.3) is 0 Å². The van der Waals surface area contributed by atoms with Crippen LogP contribution < -0.4 is 14.9 Å². The van der Waals surface area contributed by atoms with Crippen LogP contribution in [0.5, 0.6) is 0 Å². The van der Waals surface area contributed by atoms with E-state index in [1.54, 1.807) is 23.1 Å². The maximum atomic E-state index is 12.7. The van der Waals surface area contributed by atoms with Gasteiger partial charge in [-0.2, -0.15) is 0 Å².